The molecule has 0 saturated heterocycles. The molecule has 9 heteroatoms. The normalized spacial score (nSPS) is 13.1. The molecule has 43 heavy (non-hydrogen) atoms. The lowest BCUT2D eigenvalue weighted by Crippen LogP contribution is -2.37. The first kappa shape index (κ1) is 30.0. The van der Waals surface area contributed by atoms with Crippen LogP contribution in [0.15, 0.2) is 85.3 Å². The van der Waals surface area contributed by atoms with Crippen LogP contribution in [0.4, 0.5) is 11.6 Å². The number of nitrogens with zero attached hydrogens (tertiary/aromatic N) is 4. The molecule has 9 nitrogen and oxygen atoms in total. The van der Waals surface area contributed by atoms with Crippen LogP contribution in [0.5, 0.6) is 5.75 Å². The second kappa shape index (κ2) is 15.7. The van der Waals surface area contributed by atoms with Crippen LogP contribution >= 0.6 is 0 Å². The van der Waals surface area contributed by atoms with Crippen LogP contribution in [0.2, 0.25) is 0 Å². The zero-order valence-corrected chi connectivity index (χ0v) is 24.5. The van der Waals surface area contributed by atoms with Crippen LogP contribution < -0.4 is 15.4 Å². The quantitative estimate of drug-likeness (QED) is 0.147. The van der Waals surface area contributed by atoms with Crippen molar-refractivity contribution in [3.05, 3.63) is 96.6 Å². The molecule has 0 radical (unpaired) electrons. The Morgan fingerprint density at radius 3 is 2.63 bits per heavy atom. The fourth-order valence-electron chi connectivity index (χ4n) is 5.30. The Bertz CT molecular complexity index is 1440. The summed E-state index contributed by atoms with van der Waals surface area (Å²) in [6, 6.07) is 23.1. The van der Waals surface area contributed by atoms with E-state index in [1.54, 1.807) is 6.20 Å². The van der Waals surface area contributed by atoms with Crippen LogP contribution in [0.25, 0.3) is 11.1 Å². The number of benzene rings is 2. The number of hydrogen-bond acceptors (Lipinski definition) is 8. The molecule has 2 aromatic carbocycles. The van der Waals surface area contributed by atoms with Gasteiger partial charge in [-0.2, -0.15) is 0 Å². The number of unbranched alkanes of at least 4 members (excludes halogenated alkanes) is 1. The van der Waals surface area contributed by atoms with E-state index in [9.17, 15) is 9.90 Å². The highest BCUT2D eigenvalue weighted by Gasteiger charge is 2.21. The molecule has 5 rings (SSSR count). The number of aryl methyl sites for hydroxylation is 2. The van der Waals surface area contributed by atoms with Crippen molar-refractivity contribution in [1.29, 1.82) is 0 Å². The summed E-state index contributed by atoms with van der Waals surface area (Å²) in [4.78, 5) is 28.0. The van der Waals surface area contributed by atoms with Gasteiger partial charge in [0.15, 0.2) is 0 Å². The van der Waals surface area contributed by atoms with Crippen molar-refractivity contribution in [3.63, 3.8) is 0 Å². The largest absolute Gasteiger partial charge is 0.492 e. The maximum absolute atomic E-state index is 12.3. The number of pyridine rings is 1. The monoisotopic (exact) mass is 580 g/mol. The van der Waals surface area contributed by atoms with Gasteiger partial charge >= 0.3 is 5.97 Å². The summed E-state index contributed by atoms with van der Waals surface area (Å²) in [6.07, 6.45) is 8.71. The highest BCUT2D eigenvalue weighted by Crippen LogP contribution is 2.26. The molecule has 0 unspecified atom stereocenters. The minimum absolute atomic E-state index is 0.414. The van der Waals surface area contributed by atoms with Gasteiger partial charge in [0.2, 0.25) is 0 Å². The lowest BCUT2D eigenvalue weighted by Gasteiger charge is -2.25. The molecule has 0 bridgehead atoms. The smallest absolute Gasteiger partial charge is 0.326 e. The van der Waals surface area contributed by atoms with Crippen molar-refractivity contribution in [2.24, 2.45) is 0 Å². The van der Waals surface area contributed by atoms with Crippen LogP contribution in [0.3, 0.4) is 0 Å². The van der Waals surface area contributed by atoms with Crippen molar-refractivity contribution in [1.82, 2.24) is 19.9 Å². The van der Waals surface area contributed by atoms with E-state index >= 15 is 0 Å². The van der Waals surface area contributed by atoms with E-state index < -0.39 is 12.0 Å². The van der Waals surface area contributed by atoms with E-state index in [-0.39, 0.29) is 0 Å². The maximum Gasteiger partial charge on any atom is 0.326 e. The van der Waals surface area contributed by atoms with Gasteiger partial charge in [-0.25, -0.2) is 19.7 Å². The number of aromatic nitrogens is 3. The highest BCUT2D eigenvalue weighted by atomic mass is 16.5. The Labute approximate surface area is 253 Å². The lowest BCUT2D eigenvalue weighted by atomic mass is 10.1. The molecule has 1 aliphatic rings. The standard InChI is InChI=1S/C34H40N6O3/c41-34(42)31(39-33-30(24-35-25-37-33)26-10-3-1-4-11-26)18-21-40(22-23-43-29-14-5-2-6-15-29)20-8-7-13-28-17-16-27-12-9-19-36-32(27)38-28/h1-6,10-11,14-17,24-25,31H,7-9,12-13,18-23H2,(H,36,38)(H,41,42)(H,35,37,39)/t31-/m0/s1. The zero-order valence-electron chi connectivity index (χ0n) is 24.5. The Hall–Kier alpha value is -4.50. The van der Waals surface area contributed by atoms with E-state index in [0.29, 0.717) is 31.9 Å². The summed E-state index contributed by atoms with van der Waals surface area (Å²) >= 11 is 0. The van der Waals surface area contributed by atoms with Gasteiger partial charge in [-0.3, -0.25) is 4.90 Å². The van der Waals surface area contributed by atoms with Gasteiger partial charge in [0.1, 0.15) is 36.4 Å². The van der Waals surface area contributed by atoms with Crippen molar-refractivity contribution >= 4 is 17.6 Å². The SMILES string of the molecule is O=C(O)[C@H](CCN(CCCCc1ccc2c(n1)NCCC2)CCOc1ccccc1)Nc1ncncc1-c1ccccc1. The molecule has 0 saturated carbocycles. The molecule has 0 amide bonds. The van der Waals surface area contributed by atoms with Crippen LogP contribution in [-0.2, 0) is 17.6 Å². The summed E-state index contributed by atoms with van der Waals surface area (Å²) in [5.41, 5.74) is 4.12. The third-order valence-corrected chi connectivity index (χ3v) is 7.67. The van der Waals surface area contributed by atoms with Crippen molar-refractivity contribution in [2.75, 3.05) is 43.4 Å². The molecule has 3 N–H and O–H groups in total. The summed E-state index contributed by atoms with van der Waals surface area (Å²) < 4.78 is 5.97. The van der Waals surface area contributed by atoms with E-state index in [0.717, 1.165) is 73.6 Å². The second-order valence-electron chi connectivity index (χ2n) is 10.8. The van der Waals surface area contributed by atoms with Gasteiger partial charge in [-0.1, -0.05) is 54.6 Å². The predicted molar refractivity (Wildman–Crippen MR) is 169 cm³/mol. The highest BCUT2D eigenvalue weighted by molar-refractivity contribution is 5.81. The summed E-state index contributed by atoms with van der Waals surface area (Å²) in [7, 11) is 0. The molecule has 1 aliphatic heterocycles. The van der Waals surface area contributed by atoms with E-state index in [4.69, 9.17) is 9.72 Å². The van der Waals surface area contributed by atoms with Crippen molar-refractivity contribution in [2.45, 2.75) is 44.6 Å². The van der Waals surface area contributed by atoms with Crippen LogP contribution in [0.1, 0.15) is 36.9 Å². The first-order chi connectivity index (χ1) is 21.2. The number of hydrogen-bond donors (Lipinski definition) is 3. The van der Waals surface area contributed by atoms with Gasteiger partial charge in [0.05, 0.1) is 0 Å². The number of carboxylic acids is 1. The van der Waals surface area contributed by atoms with Gasteiger partial charge in [0, 0.05) is 37.1 Å². The van der Waals surface area contributed by atoms with Gasteiger partial charge in [-0.15, -0.1) is 0 Å². The van der Waals surface area contributed by atoms with Gasteiger partial charge < -0.3 is 20.5 Å². The topological polar surface area (TPSA) is 112 Å². The summed E-state index contributed by atoms with van der Waals surface area (Å²) in [5.74, 6) is 1.47. The number of nitrogens with one attached hydrogen (secondary N) is 2. The minimum atomic E-state index is -0.912. The molecule has 0 fully saturated rings. The Morgan fingerprint density at radius 2 is 1.81 bits per heavy atom. The molecule has 224 valence electrons. The fourth-order valence-corrected chi connectivity index (χ4v) is 5.30. The predicted octanol–water partition coefficient (Wildman–Crippen LogP) is 5.56. The van der Waals surface area contributed by atoms with Crippen molar-refractivity contribution in [3.8, 4) is 16.9 Å². The number of carboxylic acid groups (broad SMARTS) is 1. The molecule has 4 aromatic rings. The average Bonchev–Trinajstić information content (AvgIpc) is 3.05. The Kier molecular flexibility index (Phi) is 10.9. The van der Waals surface area contributed by atoms with Gasteiger partial charge in [0.25, 0.3) is 0 Å². The number of fused-ring (bicyclic) bond motifs is 1. The number of aliphatic carboxylic acids is 1. The molecular weight excluding hydrogens is 540 g/mol. The number of carbonyl (C=O) groups is 1. The van der Waals surface area contributed by atoms with E-state index in [1.807, 2.05) is 60.7 Å². The molecule has 0 aliphatic carbocycles. The van der Waals surface area contributed by atoms with Gasteiger partial charge in [-0.05, 0) is 74.4 Å². The number of anilines is 2. The van der Waals surface area contributed by atoms with Crippen LogP contribution in [0, 0.1) is 0 Å². The zero-order chi connectivity index (χ0) is 29.7. The summed E-state index contributed by atoms with van der Waals surface area (Å²) in [5, 5.41) is 16.7. The molecule has 0 spiro atoms. The molecular formula is C34H40N6O3. The molecule has 2 aromatic heterocycles. The van der Waals surface area contributed by atoms with E-state index in [1.165, 1.54) is 11.9 Å². The number of ether oxygens (including phenoxy) is 1. The minimum Gasteiger partial charge on any atom is -0.492 e. The average molecular weight is 581 g/mol. The van der Waals surface area contributed by atoms with E-state index in [2.05, 4.69) is 37.6 Å². The third-order valence-electron chi connectivity index (χ3n) is 7.67. The fraction of sp³-hybridized carbons (Fsp3) is 0.353. The molecule has 1 atom stereocenters. The maximum atomic E-state index is 12.3. The Balaban J connectivity index is 1.18. The first-order valence-electron chi connectivity index (χ1n) is 15.1. The third kappa shape index (κ3) is 8.99. The molecule has 3 heterocycles. The van der Waals surface area contributed by atoms with Crippen LogP contribution in [-0.4, -0.2) is 69.8 Å². The van der Waals surface area contributed by atoms with Crippen molar-refractivity contribution < 1.29 is 14.6 Å². The second-order valence-corrected chi connectivity index (χ2v) is 10.8. The Morgan fingerprint density at radius 1 is 1.00 bits per heavy atom. The number of rotatable bonds is 16. The lowest BCUT2D eigenvalue weighted by molar-refractivity contribution is -0.138. The summed E-state index contributed by atoms with van der Waals surface area (Å²) in [6.45, 7) is 3.66. The number of para-hydroxylation sites is 1. The first-order valence-corrected chi connectivity index (χ1v) is 15.1.